The van der Waals surface area contributed by atoms with E-state index in [2.05, 4.69) is 20.2 Å². The van der Waals surface area contributed by atoms with Crippen molar-refractivity contribution in [2.45, 2.75) is 10.1 Å². The Hall–Kier alpha value is -1.94. The van der Waals surface area contributed by atoms with Crippen LogP contribution in [0.25, 0.3) is 10.7 Å². The van der Waals surface area contributed by atoms with Gasteiger partial charge in [-0.1, -0.05) is 6.07 Å². The van der Waals surface area contributed by atoms with Crippen LogP contribution in [0.4, 0.5) is 17.6 Å². The number of hydrogen-bond acceptors (Lipinski definition) is 5. The molecule has 3 rings (SSSR count). The Labute approximate surface area is 123 Å². The van der Waals surface area contributed by atoms with Crippen molar-refractivity contribution in [1.82, 2.24) is 20.2 Å². The van der Waals surface area contributed by atoms with Crippen LogP contribution in [-0.4, -0.2) is 20.2 Å². The third kappa shape index (κ3) is 2.63. The molecule has 21 heavy (non-hydrogen) atoms. The molecule has 0 amide bonds. The molecule has 0 radical (unpaired) electrons. The predicted molar refractivity (Wildman–Crippen MR) is 67.9 cm³/mol. The average molecular weight is 332 g/mol. The predicted octanol–water partition coefficient (Wildman–Crippen LogP) is 3.64. The zero-order chi connectivity index (χ0) is 15.0. The van der Waals surface area contributed by atoms with Gasteiger partial charge in [-0.15, -0.1) is 16.4 Å². The maximum absolute atomic E-state index is 13.5. The lowest BCUT2D eigenvalue weighted by atomic mass is 10.4. The molecule has 1 N–H and O–H groups in total. The molecule has 3 heterocycles. The first-order valence-electron chi connectivity index (χ1n) is 5.40. The molecule has 10 heteroatoms. The van der Waals surface area contributed by atoms with Crippen LogP contribution in [-0.2, 0) is 0 Å². The van der Waals surface area contributed by atoms with E-state index in [4.69, 9.17) is 0 Å². The number of pyridine rings is 1. The van der Waals surface area contributed by atoms with Crippen LogP contribution in [0, 0.1) is 23.5 Å². The van der Waals surface area contributed by atoms with Crippen LogP contribution in [0.3, 0.4) is 0 Å². The van der Waals surface area contributed by atoms with Crippen molar-refractivity contribution in [3.63, 3.8) is 0 Å². The van der Waals surface area contributed by atoms with E-state index in [1.54, 1.807) is 12.1 Å². The first kappa shape index (κ1) is 14.0. The van der Waals surface area contributed by atoms with E-state index >= 15 is 0 Å². The number of halogens is 4. The Bertz CT molecular complexity index is 762. The van der Waals surface area contributed by atoms with Crippen molar-refractivity contribution in [2.75, 3.05) is 0 Å². The number of nitrogens with one attached hydrogen (secondary N) is 1. The summed E-state index contributed by atoms with van der Waals surface area (Å²) in [7, 11) is 0. The molecule has 4 nitrogen and oxygen atoms in total. The van der Waals surface area contributed by atoms with E-state index in [-0.39, 0.29) is 5.16 Å². The third-order valence-electron chi connectivity index (χ3n) is 2.37. The molecule has 3 aromatic rings. The van der Waals surface area contributed by atoms with Crippen LogP contribution >= 0.6 is 23.1 Å². The van der Waals surface area contributed by atoms with E-state index in [9.17, 15) is 17.6 Å². The molecule has 0 unspecified atom stereocenters. The van der Waals surface area contributed by atoms with Crippen LogP contribution in [0.5, 0.6) is 0 Å². The van der Waals surface area contributed by atoms with Gasteiger partial charge in [-0.25, -0.2) is 13.8 Å². The molecule has 0 aliphatic rings. The molecule has 3 aromatic heterocycles. The number of aromatic amines is 1. The van der Waals surface area contributed by atoms with Crippen LogP contribution in [0.1, 0.15) is 0 Å². The van der Waals surface area contributed by atoms with E-state index in [0.29, 0.717) is 17.6 Å². The quantitative estimate of drug-likeness (QED) is 0.588. The molecule has 0 aromatic carbocycles. The van der Waals surface area contributed by atoms with Crippen molar-refractivity contribution in [3.05, 3.63) is 41.0 Å². The third-order valence-corrected chi connectivity index (χ3v) is 4.17. The summed E-state index contributed by atoms with van der Waals surface area (Å²) in [5.41, 5.74) is 0. The van der Waals surface area contributed by atoms with E-state index in [1.165, 1.54) is 11.3 Å². The van der Waals surface area contributed by atoms with E-state index in [0.717, 1.165) is 4.88 Å². The highest BCUT2D eigenvalue weighted by molar-refractivity contribution is 7.99. The number of H-pyrrole nitrogens is 1. The molecule has 108 valence electrons. The SMILES string of the molecule is Fc1nc(F)c(F)c(Sc2n[nH]c(-c3cccs3)n2)c1F. The summed E-state index contributed by atoms with van der Waals surface area (Å²) < 4.78 is 53.0. The molecular formula is C11H4F4N4S2. The van der Waals surface area contributed by atoms with Crippen molar-refractivity contribution in [2.24, 2.45) is 0 Å². The van der Waals surface area contributed by atoms with Gasteiger partial charge in [0.25, 0.3) is 11.9 Å². The first-order valence-corrected chi connectivity index (χ1v) is 7.10. The maximum Gasteiger partial charge on any atom is 0.252 e. The van der Waals surface area contributed by atoms with Gasteiger partial charge in [0.15, 0.2) is 17.5 Å². The summed E-state index contributed by atoms with van der Waals surface area (Å²) in [6, 6.07) is 3.56. The lowest BCUT2D eigenvalue weighted by Gasteiger charge is -2.02. The van der Waals surface area contributed by atoms with Crippen molar-refractivity contribution in [1.29, 1.82) is 0 Å². The lowest BCUT2D eigenvalue weighted by Crippen LogP contribution is -2.02. The van der Waals surface area contributed by atoms with Gasteiger partial charge in [-0.2, -0.15) is 13.8 Å². The number of thiophene rings is 1. The molecule has 0 aliphatic carbocycles. The summed E-state index contributed by atoms with van der Waals surface area (Å²) in [6.45, 7) is 0. The second-order valence-electron chi connectivity index (χ2n) is 3.70. The fraction of sp³-hybridized carbons (Fsp3) is 0. The summed E-state index contributed by atoms with van der Waals surface area (Å²) in [5.74, 6) is -6.21. The van der Waals surface area contributed by atoms with E-state index < -0.39 is 28.4 Å². The first-order chi connectivity index (χ1) is 10.1. The molecule has 0 aliphatic heterocycles. The number of rotatable bonds is 3. The van der Waals surface area contributed by atoms with Gasteiger partial charge in [-0.3, -0.25) is 5.10 Å². The summed E-state index contributed by atoms with van der Waals surface area (Å²) in [5, 5.41) is 8.07. The van der Waals surface area contributed by atoms with Crippen LogP contribution < -0.4 is 0 Å². The topological polar surface area (TPSA) is 54.5 Å². The van der Waals surface area contributed by atoms with Gasteiger partial charge < -0.3 is 0 Å². The van der Waals surface area contributed by atoms with Gasteiger partial charge in [0.1, 0.15) is 0 Å². The van der Waals surface area contributed by atoms with Gasteiger partial charge in [0.2, 0.25) is 5.16 Å². The fourth-order valence-electron chi connectivity index (χ4n) is 1.46. The molecule has 0 saturated carbocycles. The number of hydrogen-bond donors (Lipinski definition) is 1. The molecule has 0 bridgehead atoms. The Balaban J connectivity index is 1.95. The van der Waals surface area contributed by atoms with Gasteiger partial charge in [-0.05, 0) is 23.2 Å². The highest BCUT2D eigenvalue weighted by Gasteiger charge is 2.23. The van der Waals surface area contributed by atoms with Gasteiger partial charge >= 0.3 is 0 Å². The zero-order valence-electron chi connectivity index (χ0n) is 9.90. The molecule has 0 saturated heterocycles. The normalized spacial score (nSPS) is 11.0. The molecule has 0 atom stereocenters. The Morgan fingerprint density at radius 2 is 1.76 bits per heavy atom. The minimum absolute atomic E-state index is 0.0683. The van der Waals surface area contributed by atoms with Crippen LogP contribution in [0.15, 0.2) is 27.6 Å². The van der Waals surface area contributed by atoms with Crippen molar-refractivity contribution >= 4 is 23.1 Å². The minimum atomic E-state index is -1.72. The van der Waals surface area contributed by atoms with Gasteiger partial charge in [0, 0.05) is 0 Å². The fourth-order valence-corrected chi connectivity index (χ4v) is 2.89. The van der Waals surface area contributed by atoms with E-state index in [1.807, 2.05) is 5.38 Å². The standard InChI is InChI=1S/C11H4F4N4S2/c12-5-7(6(13)9(15)16-8(5)14)21-11-17-10(18-19-11)4-2-1-3-20-4/h1-3H,(H,17,18,19). The Kier molecular flexibility index (Phi) is 3.64. The van der Waals surface area contributed by atoms with Crippen LogP contribution in [0.2, 0.25) is 0 Å². The minimum Gasteiger partial charge on any atom is -0.257 e. The monoisotopic (exact) mass is 332 g/mol. The smallest absolute Gasteiger partial charge is 0.252 e. The Morgan fingerprint density at radius 3 is 2.38 bits per heavy atom. The second kappa shape index (κ2) is 5.45. The molecule has 0 spiro atoms. The average Bonchev–Trinajstić information content (AvgIpc) is 3.12. The van der Waals surface area contributed by atoms with Gasteiger partial charge in [0.05, 0.1) is 9.77 Å². The Morgan fingerprint density at radius 1 is 1.05 bits per heavy atom. The highest BCUT2D eigenvalue weighted by atomic mass is 32.2. The number of aromatic nitrogens is 4. The maximum atomic E-state index is 13.5. The molecular weight excluding hydrogens is 328 g/mol. The summed E-state index contributed by atoms with van der Waals surface area (Å²) in [6.07, 6.45) is 0. The summed E-state index contributed by atoms with van der Waals surface area (Å²) >= 11 is 1.75. The largest absolute Gasteiger partial charge is 0.257 e. The highest BCUT2D eigenvalue weighted by Crippen LogP contribution is 2.32. The second-order valence-corrected chi connectivity index (χ2v) is 5.62. The molecule has 0 fully saturated rings. The summed E-state index contributed by atoms with van der Waals surface area (Å²) in [4.78, 5) is 6.36. The zero-order valence-corrected chi connectivity index (χ0v) is 11.5. The van der Waals surface area contributed by atoms with Crippen molar-refractivity contribution < 1.29 is 17.6 Å². The lowest BCUT2D eigenvalue weighted by molar-refractivity contribution is 0.383. The van der Waals surface area contributed by atoms with Crippen molar-refractivity contribution in [3.8, 4) is 10.7 Å². The number of nitrogens with zero attached hydrogens (tertiary/aromatic N) is 3.